The lowest BCUT2D eigenvalue weighted by atomic mass is 10.1. The third kappa shape index (κ3) is 4.94. The van der Waals surface area contributed by atoms with Crippen LogP contribution < -0.4 is 10.6 Å². The number of amides is 2. The number of benzene rings is 1. The minimum Gasteiger partial charge on any atom is -0.459 e. The lowest BCUT2D eigenvalue weighted by Gasteiger charge is -2.15. The van der Waals surface area contributed by atoms with Gasteiger partial charge in [-0.25, -0.2) is 4.39 Å². The van der Waals surface area contributed by atoms with E-state index in [0.717, 1.165) is 5.56 Å². The number of nitrogens with one attached hydrogen (secondary N) is 2. The van der Waals surface area contributed by atoms with Crippen LogP contribution in [0.1, 0.15) is 22.5 Å². The van der Waals surface area contributed by atoms with Gasteiger partial charge in [0.15, 0.2) is 5.76 Å². The van der Waals surface area contributed by atoms with Gasteiger partial charge in [-0.05, 0) is 29.8 Å². The minimum atomic E-state index is -1.26. The summed E-state index contributed by atoms with van der Waals surface area (Å²) in [4.78, 5) is 23.9. The van der Waals surface area contributed by atoms with E-state index in [1.807, 2.05) is 0 Å². The molecule has 0 bridgehead atoms. The molecule has 1 aliphatic rings. The fourth-order valence-corrected chi connectivity index (χ4v) is 2.91. The highest BCUT2D eigenvalue weighted by molar-refractivity contribution is 5.91. The highest BCUT2D eigenvalue weighted by Crippen LogP contribution is 2.23. The first-order valence-corrected chi connectivity index (χ1v) is 8.78. The molecular weight excluding hydrogens is 371 g/mol. The molecule has 150 valence electrons. The van der Waals surface area contributed by atoms with Crippen LogP contribution in [0.4, 0.5) is 4.39 Å². The van der Waals surface area contributed by atoms with E-state index in [9.17, 15) is 24.2 Å². The van der Waals surface area contributed by atoms with E-state index in [2.05, 4.69) is 10.6 Å². The fraction of sp³-hybridized carbons (Fsp3) is 0.368. The third-order valence-corrected chi connectivity index (χ3v) is 4.46. The predicted octanol–water partition coefficient (Wildman–Crippen LogP) is 0.344. The summed E-state index contributed by atoms with van der Waals surface area (Å²) in [6.45, 7) is 0.151. The van der Waals surface area contributed by atoms with Crippen molar-refractivity contribution in [3.63, 3.8) is 0 Å². The molecule has 28 heavy (non-hydrogen) atoms. The van der Waals surface area contributed by atoms with Gasteiger partial charge in [-0.15, -0.1) is 0 Å². The normalized spacial score (nSPS) is 24.1. The summed E-state index contributed by atoms with van der Waals surface area (Å²) in [5.41, 5.74) is 0.723. The van der Waals surface area contributed by atoms with Gasteiger partial charge in [0.1, 0.15) is 24.1 Å². The van der Waals surface area contributed by atoms with Crippen molar-refractivity contribution in [2.45, 2.75) is 37.4 Å². The molecule has 0 radical (unpaired) electrons. The first-order chi connectivity index (χ1) is 13.4. The zero-order valence-corrected chi connectivity index (χ0v) is 14.9. The van der Waals surface area contributed by atoms with E-state index >= 15 is 0 Å². The standard InChI is InChI=1S/C19H21FN2O6/c20-12-5-3-11(4-6-12)9-21-16(23)8-14-17(24)18(25)15(28-14)10-22-19(26)13-2-1-7-27-13/h1-7,14-15,17-18,24-25H,8-10H2,(H,21,23)(H,22,26)/t14-,15-,17-,18+/m0/s1. The number of furan rings is 1. The molecule has 4 N–H and O–H groups in total. The fourth-order valence-electron chi connectivity index (χ4n) is 2.91. The average molecular weight is 392 g/mol. The molecule has 4 atom stereocenters. The summed E-state index contributed by atoms with van der Waals surface area (Å²) in [6, 6.07) is 8.76. The van der Waals surface area contributed by atoms with Gasteiger partial charge in [-0.3, -0.25) is 9.59 Å². The molecule has 0 unspecified atom stereocenters. The van der Waals surface area contributed by atoms with E-state index in [0.29, 0.717) is 0 Å². The van der Waals surface area contributed by atoms with Crippen LogP contribution in [-0.2, 0) is 16.1 Å². The number of hydrogen-bond acceptors (Lipinski definition) is 6. The van der Waals surface area contributed by atoms with E-state index in [4.69, 9.17) is 9.15 Å². The van der Waals surface area contributed by atoms with E-state index in [-0.39, 0.29) is 37.0 Å². The monoisotopic (exact) mass is 392 g/mol. The second-order valence-electron chi connectivity index (χ2n) is 6.49. The van der Waals surface area contributed by atoms with Crippen LogP contribution in [0, 0.1) is 5.82 Å². The summed E-state index contributed by atoms with van der Waals surface area (Å²) in [5.74, 6) is -1.11. The van der Waals surface area contributed by atoms with Crippen molar-refractivity contribution >= 4 is 11.8 Å². The number of carbonyl (C=O) groups excluding carboxylic acids is 2. The number of aliphatic hydroxyl groups excluding tert-OH is 2. The Morgan fingerprint density at radius 2 is 1.75 bits per heavy atom. The Morgan fingerprint density at radius 3 is 2.43 bits per heavy atom. The van der Waals surface area contributed by atoms with Crippen molar-refractivity contribution in [3.05, 3.63) is 59.8 Å². The lowest BCUT2D eigenvalue weighted by Crippen LogP contribution is -2.40. The Hall–Kier alpha value is -2.75. The molecule has 2 aromatic rings. The van der Waals surface area contributed by atoms with E-state index in [1.165, 1.54) is 24.5 Å². The van der Waals surface area contributed by atoms with Crippen molar-refractivity contribution < 1.29 is 33.3 Å². The van der Waals surface area contributed by atoms with Gasteiger partial charge >= 0.3 is 0 Å². The second-order valence-corrected chi connectivity index (χ2v) is 6.49. The molecule has 1 aromatic carbocycles. The molecular formula is C19H21FN2O6. The zero-order valence-electron chi connectivity index (χ0n) is 14.9. The Balaban J connectivity index is 1.45. The average Bonchev–Trinajstić information content (AvgIpc) is 3.31. The molecule has 2 heterocycles. The van der Waals surface area contributed by atoms with Gasteiger partial charge in [0.05, 0.1) is 18.8 Å². The summed E-state index contributed by atoms with van der Waals surface area (Å²) < 4.78 is 23.4. The van der Waals surface area contributed by atoms with Gasteiger partial charge in [-0.2, -0.15) is 0 Å². The van der Waals surface area contributed by atoms with E-state index < -0.39 is 30.3 Å². The summed E-state index contributed by atoms with van der Waals surface area (Å²) in [5, 5.41) is 25.4. The van der Waals surface area contributed by atoms with Crippen LogP contribution in [0.2, 0.25) is 0 Å². The maximum Gasteiger partial charge on any atom is 0.287 e. The molecule has 1 fully saturated rings. The highest BCUT2D eigenvalue weighted by Gasteiger charge is 2.43. The molecule has 8 nitrogen and oxygen atoms in total. The molecule has 0 spiro atoms. The quantitative estimate of drug-likeness (QED) is 0.539. The number of hydrogen-bond donors (Lipinski definition) is 4. The first-order valence-electron chi connectivity index (χ1n) is 8.78. The van der Waals surface area contributed by atoms with Crippen molar-refractivity contribution in [1.29, 1.82) is 0 Å². The summed E-state index contributed by atoms with van der Waals surface area (Å²) in [7, 11) is 0. The van der Waals surface area contributed by atoms with Gasteiger partial charge < -0.3 is 30.0 Å². The van der Waals surface area contributed by atoms with Crippen molar-refractivity contribution in [2.75, 3.05) is 6.54 Å². The summed E-state index contributed by atoms with van der Waals surface area (Å²) in [6.07, 6.45) is -3.08. The lowest BCUT2D eigenvalue weighted by molar-refractivity contribution is -0.125. The smallest absolute Gasteiger partial charge is 0.287 e. The Labute approximate surface area is 160 Å². The number of aliphatic hydroxyl groups is 2. The van der Waals surface area contributed by atoms with Crippen molar-refractivity contribution in [1.82, 2.24) is 10.6 Å². The topological polar surface area (TPSA) is 121 Å². The van der Waals surface area contributed by atoms with Gasteiger partial charge in [0.25, 0.3) is 5.91 Å². The molecule has 0 saturated carbocycles. The van der Waals surface area contributed by atoms with Crippen LogP contribution in [0.3, 0.4) is 0 Å². The van der Waals surface area contributed by atoms with Gasteiger partial charge in [0, 0.05) is 13.1 Å². The number of ether oxygens (including phenoxy) is 1. The largest absolute Gasteiger partial charge is 0.459 e. The molecule has 3 rings (SSSR count). The zero-order chi connectivity index (χ0) is 20.1. The molecule has 1 aliphatic heterocycles. The van der Waals surface area contributed by atoms with Crippen molar-refractivity contribution in [3.8, 4) is 0 Å². The molecule has 0 aliphatic carbocycles. The van der Waals surface area contributed by atoms with Gasteiger partial charge in [-0.1, -0.05) is 12.1 Å². The number of carbonyl (C=O) groups is 2. The maximum atomic E-state index is 12.9. The maximum absolute atomic E-state index is 12.9. The van der Waals surface area contributed by atoms with Crippen LogP contribution in [0.15, 0.2) is 47.1 Å². The predicted molar refractivity (Wildman–Crippen MR) is 94.6 cm³/mol. The molecule has 1 aromatic heterocycles. The van der Waals surface area contributed by atoms with Gasteiger partial charge in [0.2, 0.25) is 5.91 Å². The second kappa shape index (κ2) is 8.96. The summed E-state index contributed by atoms with van der Waals surface area (Å²) >= 11 is 0. The molecule has 9 heteroatoms. The van der Waals surface area contributed by atoms with Crippen molar-refractivity contribution in [2.24, 2.45) is 0 Å². The SMILES string of the molecule is O=C(C[C@@H]1O[C@@H](CNC(=O)c2ccco2)[C@@H](O)[C@H]1O)NCc1ccc(F)cc1. The van der Waals surface area contributed by atoms with Crippen LogP contribution in [-0.4, -0.2) is 53.0 Å². The first kappa shape index (κ1) is 20.0. The third-order valence-electron chi connectivity index (χ3n) is 4.46. The van der Waals surface area contributed by atoms with E-state index in [1.54, 1.807) is 18.2 Å². The Kier molecular flexibility index (Phi) is 6.40. The number of halogens is 1. The molecule has 1 saturated heterocycles. The highest BCUT2D eigenvalue weighted by atomic mass is 19.1. The van der Waals surface area contributed by atoms with Crippen LogP contribution in [0.5, 0.6) is 0 Å². The molecule has 2 amide bonds. The van der Waals surface area contributed by atoms with Crippen LogP contribution in [0.25, 0.3) is 0 Å². The minimum absolute atomic E-state index is 0.0501. The Morgan fingerprint density at radius 1 is 1.04 bits per heavy atom. The number of rotatable bonds is 7. The Bertz CT molecular complexity index is 795. The van der Waals surface area contributed by atoms with Crippen LogP contribution >= 0.6 is 0 Å².